The Hall–Kier alpha value is -2.15. The van der Waals surface area contributed by atoms with Crippen molar-refractivity contribution in [3.8, 4) is 0 Å². The molecule has 0 atom stereocenters. The molecule has 1 aliphatic heterocycles. The van der Waals surface area contributed by atoms with Crippen LogP contribution in [-0.2, 0) is 0 Å². The zero-order chi connectivity index (χ0) is 19.3. The summed E-state index contributed by atoms with van der Waals surface area (Å²) in [6, 6.07) is 1.97. The Morgan fingerprint density at radius 2 is 1.89 bits per heavy atom. The lowest BCUT2D eigenvalue weighted by molar-refractivity contribution is 0.188. The van der Waals surface area contributed by atoms with Crippen LogP contribution in [-0.4, -0.2) is 41.8 Å². The van der Waals surface area contributed by atoms with Crippen molar-refractivity contribution in [2.24, 2.45) is 11.3 Å². The summed E-state index contributed by atoms with van der Waals surface area (Å²) in [7, 11) is 4.00. The summed E-state index contributed by atoms with van der Waals surface area (Å²) in [6.07, 6.45) is 5.70. The molecular formula is C20H27N5OS. The molecule has 1 aliphatic rings. The fourth-order valence-corrected chi connectivity index (χ4v) is 5.09. The molecule has 0 spiro atoms. The smallest absolute Gasteiger partial charge is 0.290 e. The maximum absolute atomic E-state index is 13.2. The van der Waals surface area contributed by atoms with Crippen LogP contribution in [0.5, 0.6) is 0 Å². The van der Waals surface area contributed by atoms with E-state index in [1.807, 2.05) is 25.1 Å². The van der Waals surface area contributed by atoms with Gasteiger partial charge in [-0.3, -0.25) is 4.79 Å². The summed E-state index contributed by atoms with van der Waals surface area (Å²) in [5.41, 5.74) is 2.14. The van der Waals surface area contributed by atoms with Gasteiger partial charge in [0.25, 0.3) is 5.56 Å². The van der Waals surface area contributed by atoms with Crippen molar-refractivity contribution in [2.45, 2.75) is 33.6 Å². The molecule has 7 heteroatoms. The van der Waals surface area contributed by atoms with E-state index < -0.39 is 0 Å². The maximum Gasteiger partial charge on any atom is 0.290 e. The molecule has 1 fully saturated rings. The number of hydrogen-bond acceptors (Lipinski definition) is 6. The van der Waals surface area contributed by atoms with Gasteiger partial charge in [-0.25, -0.2) is 14.6 Å². The van der Waals surface area contributed by atoms with Crippen molar-refractivity contribution in [3.63, 3.8) is 0 Å². The normalized spacial score (nSPS) is 16.4. The molecule has 0 bridgehead atoms. The predicted octanol–water partition coefficient (Wildman–Crippen LogP) is 3.47. The van der Waals surface area contributed by atoms with E-state index >= 15 is 0 Å². The van der Waals surface area contributed by atoms with Crippen LogP contribution < -0.4 is 15.5 Å². The number of piperidine rings is 1. The van der Waals surface area contributed by atoms with Crippen LogP contribution in [0.15, 0.2) is 23.4 Å². The number of thiophene rings is 1. The van der Waals surface area contributed by atoms with Gasteiger partial charge in [0, 0.05) is 33.4 Å². The molecule has 1 saturated heterocycles. The Morgan fingerprint density at radius 3 is 2.52 bits per heavy atom. The molecule has 0 amide bonds. The van der Waals surface area contributed by atoms with Gasteiger partial charge in [0.1, 0.15) is 21.4 Å². The van der Waals surface area contributed by atoms with E-state index in [4.69, 9.17) is 0 Å². The second-order valence-corrected chi connectivity index (χ2v) is 9.67. The van der Waals surface area contributed by atoms with Gasteiger partial charge in [0.2, 0.25) is 0 Å². The van der Waals surface area contributed by atoms with Crippen molar-refractivity contribution < 1.29 is 0 Å². The summed E-state index contributed by atoms with van der Waals surface area (Å²) in [4.78, 5) is 25.3. The average Bonchev–Trinajstić information content (AvgIpc) is 3.01. The van der Waals surface area contributed by atoms with Gasteiger partial charge in [-0.15, -0.1) is 11.3 Å². The highest BCUT2D eigenvalue weighted by Gasteiger charge is 2.29. The molecule has 3 aromatic heterocycles. The second-order valence-electron chi connectivity index (χ2n) is 8.67. The summed E-state index contributed by atoms with van der Waals surface area (Å²) in [6.45, 7) is 8.70. The van der Waals surface area contributed by atoms with Crippen LogP contribution in [0.4, 0.5) is 5.69 Å². The van der Waals surface area contributed by atoms with Crippen molar-refractivity contribution in [1.29, 1.82) is 0 Å². The van der Waals surface area contributed by atoms with Gasteiger partial charge < -0.3 is 9.91 Å². The number of fused-ring (bicyclic) bond motifs is 3. The average molecular weight is 386 g/mol. The van der Waals surface area contributed by atoms with E-state index in [9.17, 15) is 4.79 Å². The molecule has 0 aromatic carbocycles. The van der Waals surface area contributed by atoms with Crippen LogP contribution in [0.25, 0.3) is 20.4 Å². The second kappa shape index (κ2) is 6.48. The largest absolute Gasteiger partial charge is 0.377 e. The summed E-state index contributed by atoms with van der Waals surface area (Å²) in [5.74, 6) is 0.692. The van der Waals surface area contributed by atoms with E-state index in [2.05, 4.69) is 35.7 Å². The Labute approximate surface area is 163 Å². The fourth-order valence-electron chi connectivity index (χ4n) is 4.05. The van der Waals surface area contributed by atoms with E-state index in [0.717, 1.165) is 47.4 Å². The van der Waals surface area contributed by atoms with Crippen LogP contribution in [0, 0.1) is 11.3 Å². The molecule has 0 saturated carbocycles. The Bertz CT molecular complexity index is 1040. The van der Waals surface area contributed by atoms with E-state index in [1.165, 1.54) is 11.3 Å². The highest BCUT2D eigenvalue weighted by atomic mass is 32.1. The van der Waals surface area contributed by atoms with Gasteiger partial charge in [0.05, 0.1) is 11.1 Å². The third kappa shape index (κ3) is 3.08. The van der Waals surface area contributed by atoms with Crippen molar-refractivity contribution in [3.05, 3.63) is 28.9 Å². The fraction of sp³-hybridized carbons (Fsp3) is 0.550. The SMILES string of the molecule is CN(C)c1ccnc2sc3c(=O)n(N4CCC(C(C)(C)C)CC4)cnc3c12. The van der Waals surface area contributed by atoms with E-state index in [0.29, 0.717) is 16.0 Å². The number of nitrogens with zero attached hydrogens (tertiary/aromatic N) is 5. The molecule has 6 nitrogen and oxygen atoms in total. The van der Waals surface area contributed by atoms with Gasteiger partial charge in [0.15, 0.2) is 0 Å². The summed E-state index contributed by atoms with van der Waals surface area (Å²) in [5, 5.41) is 3.11. The van der Waals surface area contributed by atoms with E-state index in [-0.39, 0.29) is 5.56 Å². The minimum Gasteiger partial charge on any atom is -0.377 e. The van der Waals surface area contributed by atoms with Gasteiger partial charge in [-0.2, -0.15) is 0 Å². The lowest BCUT2D eigenvalue weighted by Gasteiger charge is -2.39. The van der Waals surface area contributed by atoms with Gasteiger partial charge in [-0.1, -0.05) is 20.8 Å². The third-order valence-electron chi connectivity index (χ3n) is 5.73. The van der Waals surface area contributed by atoms with E-state index in [1.54, 1.807) is 17.2 Å². The first-order valence-corrected chi connectivity index (χ1v) is 10.3. The highest BCUT2D eigenvalue weighted by molar-refractivity contribution is 7.25. The molecular weight excluding hydrogens is 358 g/mol. The number of rotatable bonds is 2. The molecule has 0 N–H and O–H groups in total. The zero-order valence-corrected chi connectivity index (χ0v) is 17.5. The maximum atomic E-state index is 13.2. The molecule has 0 aliphatic carbocycles. The van der Waals surface area contributed by atoms with Gasteiger partial charge >= 0.3 is 0 Å². The quantitative estimate of drug-likeness (QED) is 0.676. The highest BCUT2D eigenvalue weighted by Crippen LogP contribution is 2.36. The summed E-state index contributed by atoms with van der Waals surface area (Å²) >= 11 is 1.44. The molecule has 4 heterocycles. The minimum absolute atomic E-state index is 0.0157. The predicted molar refractivity (Wildman–Crippen MR) is 114 cm³/mol. The number of hydrogen-bond donors (Lipinski definition) is 0. The molecule has 27 heavy (non-hydrogen) atoms. The minimum atomic E-state index is 0.0157. The van der Waals surface area contributed by atoms with Crippen LogP contribution >= 0.6 is 11.3 Å². The topological polar surface area (TPSA) is 54.3 Å². The molecule has 144 valence electrons. The van der Waals surface area contributed by atoms with Gasteiger partial charge in [-0.05, 0) is 30.2 Å². The van der Waals surface area contributed by atoms with Crippen LogP contribution in [0.2, 0.25) is 0 Å². The lowest BCUT2D eigenvalue weighted by Crippen LogP contribution is -2.48. The molecule has 3 aromatic rings. The van der Waals surface area contributed by atoms with Crippen molar-refractivity contribution in [2.75, 3.05) is 37.1 Å². The van der Waals surface area contributed by atoms with Crippen molar-refractivity contribution >= 4 is 37.5 Å². The molecule has 0 radical (unpaired) electrons. The third-order valence-corrected chi connectivity index (χ3v) is 6.80. The number of anilines is 1. The lowest BCUT2D eigenvalue weighted by atomic mass is 9.75. The standard InChI is InChI=1S/C20H27N5OS/c1-20(2,3)13-7-10-24(11-8-13)25-12-22-16-15-14(23(4)5)6-9-21-18(15)27-17(16)19(25)26/h6,9,12-13H,7-8,10-11H2,1-5H3. The molecule has 0 unspecified atom stereocenters. The zero-order valence-electron chi connectivity index (χ0n) is 16.7. The summed E-state index contributed by atoms with van der Waals surface area (Å²) < 4.78 is 2.40. The Balaban J connectivity index is 1.75. The van der Waals surface area contributed by atoms with Crippen molar-refractivity contribution in [1.82, 2.24) is 14.6 Å². The molecule has 4 rings (SSSR count). The Kier molecular flexibility index (Phi) is 4.37. The first-order chi connectivity index (χ1) is 12.8. The first-order valence-electron chi connectivity index (χ1n) is 9.49. The first kappa shape index (κ1) is 18.2. The number of aromatic nitrogens is 3. The Morgan fingerprint density at radius 1 is 1.19 bits per heavy atom. The number of pyridine rings is 1. The monoisotopic (exact) mass is 385 g/mol. The van der Waals surface area contributed by atoms with Crippen LogP contribution in [0.3, 0.4) is 0 Å². The van der Waals surface area contributed by atoms with Crippen LogP contribution in [0.1, 0.15) is 33.6 Å².